The van der Waals surface area contributed by atoms with Gasteiger partial charge in [-0.1, -0.05) is 12.1 Å². The molecule has 0 bridgehead atoms. The number of benzene rings is 1. The molecule has 0 atom stereocenters. The van der Waals surface area contributed by atoms with Crippen LogP contribution in [0.15, 0.2) is 36.2 Å². The molecule has 0 N–H and O–H groups in total. The molecule has 0 saturated heterocycles. The number of hydrogen-bond acceptors (Lipinski definition) is 2. The standard InChI is InChI=1S/C18H19F4NO/c19-16(12-23)3-1-2-13-4-6-14(7-5-13)15-8-10-17(11-9-15)24-18(20,21)22/h3,8-11,13-14H,1-2,4-7H2. The number of ether oxygens (including phenoxy) is 1. The molecule has 1 aromatic carbocycles. The number of rotatable bonds is 5. The smallest absolute Gasteiger partial charge is 0.406 e. The lowest BCUT2D eigenvalue weighted by Crippen LogP contribution is -2.17. The van der Waals surface area contributed by atoms with E-state index in [-0.39, 0.29) is 5.75 Å². The Morgan fingerprint density at radius 2 is 1.79 bits per heavy atom. The van der Waals surface area contributed by atoms with E-state index in [0.717, 1.165) is 37.7 Å². The Bertz CT molecular complexity index is 593. The van der Waals surface area contributed by atoms with Crippen LogP contribution >= 0.6 is 0 Å². The van der Waals surface area contributed by atoms with E-state index in [9.17, 15) is 17.6 Å². The summed E-state index contributed by atoms with van der Waals surface area (Å²) in [6, 6.07) is 7.55. The van der Waals surface area contributed by atoms with Crippen molar-refractivity contribution in [3.05, 3.63) is 41.7 Å². The van der Waals surface area contributed by atoms with Gasteiger partial charge in [-0.3, -0.25) is 0 Å². The van der Waals surface area contributed by atoms with Gasteiger partial charge in [0.15, 0.2) is 5.83 Å². The van der Waals surface area contributed by atoms with Gasteiger partial charge in [0, 0.05) is 0 Å². The molecular weight excluding hydrogens is 322 g/mol. The van der Waals surface area contributed by atoms with E-state index in [0.29, 0.717) is 18.3 Å². The Hall–Kier alpha value is -2.03. The average molecular weight is 341 g/mol. The first-order chi connectivity index (χ1) is 11.4. The van der Waals surface area contributed by atoms with Crippen LogP contribution in [-0.4, -0.2) is 6.36 Å². The summed E-state index contributed by atoms with van der Waals surface area (Å²) in [5.74, 6) is -0.0829. The predicted molar refractivity (Wildman–Crippen MR) is 81.9 cm³/mol. The lowest BCUT2D eigenvalue weighted by molar-refractivity contribution is -0.274. The highest BCUT2D eigenvalue weighted by Crippen LogP contribution is 2.38. The van der Waals surface area contributed by atoms with Crippen molar-refractivity contribution < 1.29 is 22.3 Å². The molecule has 0 aromatic heterocycles. The van der Waals surface area contributed by atoms with Gasteiger partial charge in [-0.05, 0) is 74.1 Å². The van der Waals surface area contributed by atoms with Gasteiger partial charge >= 0.3 is 6.36 Å². The van der Waals surface area contributed by atoms with Gasteiger partial charge in [0.25, 0.3) is 0 Å². The first-order valence-electron chi connectivity index (χ1n) is 7.99. The fourth-order valence-electron chi connectivity index (χ4n) is 3.22. The lowest BCUT2D eigenvalue weighted by atomic mass is 9.77. The molecule has 1 aliphatic rings. The van der Waals surface area contributed by atoms with Crippen LogP contribution < -0.4 is 4.74 Å². The quantitative estimate of drug-likeness (QED) is 0.485. The van der Waals surface area contributed by atoms with Crippen LogP contribution in [0.4, 0.5) is 17.6 Å². The molecule has 1 saturated carbocycles. The zero-order chi connectivity index (χ0) is 17.6. The van der Waals surface area contributed by atoms with Crippen molar-refractivity contribution in [3.63, 3.8) is 0 Å². The van der Waals surface area contributed by atoms with Crippen molar-refractivity contribution in [3.8, 4) is 11.8 Å². The zero-order valence-corrected chi connectivity index (χ0v) is 13.2. The maximum Gasteiger partial charge on any atom is 0.573 e. The topological polar surface area (TPSA) is 33.0 Å². The van der Waals surface area contributed by atoms with Crippen molar-refractivity contribution in [2.75, 3.05) is 0 Å². The van der Waals surface area contributed by atoms with Gasteiger partial charge in [-0.25, -0.2) is 0 Å². The van der Waals surface area contributed by atoms with Crippen molar-refractivity contribution in [1.82, 2.24) is 0 Å². The van der Waals surface area contributed by atoms with Gasteiger partial charge in [-0.2, -0.15) is 9.65 Å². The third-order valence-corrected chi connectivity index (χ3v) is 4.44. The molecule has 130 valence electrons. The molecule has 1 fully saturated rings. The van der Waals surface area contributed by atoms with Crippen LogP contribution in [-0.2, 0) is 0 Å². The normalized spacial score (nSPS) is 22.0. The zero-order valence-electron chi connectivity index (χ0n) is 13.2. The Morgan fingerprint density at radius 1 is 1.17 bits per heavy atom. The first kappa shape index (κ1) is 18.3. The van der Waals surface area contributed by atoms with Crippen molar-refractivity contribution in [2.24, 2.45) is 5.92 Å². The van der Waals surface area contributed by atoms with Crippen LogP contribution in [0.5, 0.6) is 5.75 Å². The summed E-state index contributed by atoms with van der Waals surface area (Å²) in [5.41, 5.74) is 1.03. The largest absolute Gasteiger partial charge is 0.573 e. The number of alkyl halides is 3. The van der Waals surface area contributed by atoms with Gasteiger partial charge in [0.05, 0.1) is 0 Å². The molecule has 1 aromatic rings. The highest BCUT2D eigenvalue weighted by molar-refractivity contribution is 5.29. The van der Waals surface area contributed by atoms with Crippen LogP contribution in [0.2, 0.25) is 0 Å². The molecule has 2 nitrogen and oxygen atoms in total. The number of nitriles is 1. The second-order valence-electron chi connectivity index (χ2n) is 6.08. The minimum Gasteiger partial charge on any atom is -0.406 e. The van der Waals surface area contributed by atoms with E-state index in [4.69, 9.17) is 5.26 Å². The van der Waals surface area contributed by atoms with E-state index >= 15 is 0 Å². The van der Waals surface area contributed by atoms with Crippen molar-refractivity contribution in [2.45, 2.75) is 50.8 Å². The molecule has 0 radical (unpaired) electrons. The summed E-state index contributed by atoms with van der Waals surface area (Å²) >= 11 is 0. The minimum atomic E-state index is -4.67. The van der Waals surface area contributed by atoms with E-state index in [1.807, 2.05) is 0 Å². The summed E-state index contributed by atoms with van der Waals surface area (Å²) in [7, 11) is 0. The highest BCUT2D eigenvalue weighted by Gasteiger charge is 2.31. The van der Waals surface area contributed by atoms with E-state index in [1.54, 1.807) is 12.1 Å². The van der Waals surface area contributed by atoms with Crippen LogP contribution in [0, 0.1) is 17.2 Å². The molecule has 24 heavy (non-hydrogen) atoms. The SMILES string of the molecule is N#CC(F)=CCCC1CCC(c2ccc(OC(F)(F)F)cc2)CC1. The summed E-state index contributed by atoms with van der Waals surface area (Å²) in [6.07, 6.45) is 2.03. The summed E-state index contributed by atoms with van der Waals surface area (Å²) in [6.45, 7) is 0. The molecule has 1 aliphatic carbocycles. The monoisotopic (exact) mass is 341 g/mol. The molecule has 0 amide bonds. The minimum absolute atomic E-state index is 0.203. The first-order valence-corrected chi connectivity index (χ1v) is 7.99. The molecule has 0 unspecified atom stereocenters. The number of nitrogens with zero attached hydrogens (tertiary/aromatic N) is 1. The van der Waals surface area contributed by atoms with Crippen LogP contribution in [0.1, 0.15) is 50.0 Å². The highest BCUT2D eigenvalue weighted by atomic mass is 19.4. The Balaban J connectivity index is 1.81. The second-order valence-corrected chi connectivity index (χ2v) is 6.08. The molecule has 0 heterocycles. The molecule has 0 aliphatic heterocycles. The molecule has 6 heteroatoms. The van der Waals surface area contributed by atoms with Gasteiger partial charge in [0.1, 0.15) is 11.8 Å². The summed E-state index contributed by atoms with van der Waals surface area (Å²) in [5, 5.41) is 8.35. The van der Waals surface area contributed by atoms with Gasteiger partial charge in [-0.15, -0.1) is 13.2 Å². The van der Waals surface area contributed by atoms with Crippen LogP contribution in [0.3, 0.4) is 0 Å². The summed E-state index contributed by atoms with van der Waals surface area (Å²) < 4.78 is 53.0. The van der Waals surface area contributed by atoms with Gasteiger partial charge < -0.3 is 4.74 Å². The lowest BCUT2D eigenvalue weighted by Gasteiger charge is -2.28. The van der Waals surface area contributed by atoms with Crippen molar-refractivity contribution >= 4 is 0 Å². The number of halogens is 4. The van der Waals surface area contributed by atoms with Crippen LogP contribution in [0.25, 0.3) is 0 Å². The molecular formula is C18H19F4NO. The Labute approximate surface area is 138 Å². The van der Waals surface area contributed by atoms with E-state index in [2.05, 4.69) is 4.74 Å². The average Bonchev–Trinajstić information content (AvgIpc) is 2.54. The maximum absolute atomic E-state index is 12.7. The number of hydrogen-bond donors (Lipinski definition) is 0. The predicted octanol–water partition coefficient (Wildman–Crippen LogP) is 6.02. The van der Waals surface area contributed by atoms with E-state index in [1.165, 1.54) is 24.3 Å². The molecule has 0 spiro atoms. The number of allylic oxidation sites excluding steroid dienone is 2. The molecule has 2 rings (SSSR count). The summed E-state index contributed by atoms with van der Waals surface area (Å²) in [4.78, 5) is 0. The Kier molecular flexibility index (Phi) is 6.24. The third-order valence-electron chi connectivity index (χ3n) is 4.44. The second kappa shape index (κ2) is 8.18. The van der Waals surface area contributed by atoms with Gasteiger partial charge in [0.2, 0.25) is 0 Å². The maximum atomic E-state index is 12.7. The van der Waals surface area contributed by atoms with E-state index < -0.39 is 12.2 Å². The van der Waals surface area contributed by atoms with Crippen molar-refractivity contribution in [1.29, 1.82) is 5.26 Å². The Morgan fingerprint density at radius 3 is 2.33 bits per heavy atom. The third kappa shape index (κ3) is 5.88. The fourth-order valence-corrected chi connectivity index (χ4v) is 3.22. The fraction of sp³-hybridized carbons (Fsp3) is 0.500.